The summed E-state index contributed by atoms with van der Waals surface area (Å²) in [5.74, 6) is 1.29. The molecule has 1 heterocycles. The molecular formula is C33H39NO6S. The van der Waals surface area contributed by atoms with E-state index in [0.29, 0.717) is 30.4 Å². The Hall–Kier alpha value is -3.36. The number of hydrogen-bond donors (Lipinski definition) is 0. The van der Waals surface area contributed by atoms with Crippen LogP contribution >= 0.6 is 0 Å². The molecular weight excluding hydrogens is 538 g/mol. The number of carbonyl (C=O) groups excluding carboxylic acids is 1. The van der Waals surface area contributed by atoms with Gasteiger partial charge in [0.2, 0.25) is 10.0 Å². The predicted molar refractivity (Wildman–Crippen MR) is 158 cm³/mol. The lowest BCUT2D eigenvalue weighted by Gasteiger charge is -2.36. The number of rotatable bonds is 9. The van der Waals surface area contributed by atoms with E-state index in [2.05, 4.69) is 31.2 Å². The highest BCUT2D eigenvalue weighted by molar-refractivity contribution is 7.89. The molecule has 0 radical (unpaired) electrons. The van der Waals surface area contributed by atoms with Crippen LogP contribution in [0, 0.1) is 12.8 Å². The van der Waals surface area contributed by atoms with Gasteiger partial charge in [-0.05, 0) is 79.6 Å². The number of carbonyl (C=O) groups is 1. The van der Waals surface area contributed by atoms with Crippen LogP contribution in [0.5, 0.6) is 11.5 Å². The predicted octanol–water partition coefficient (Wildman–Crippen LogP) is 6.39. The van der Waals surface area contributed by atoms with Crippen LogP contribution in [-0.4, -0.2) is 51.1 Å². The van der Waals surface area contributed by atoms with Crippen molar-refractivity contribution in [3.05, 3.63) is 78.4 Å². The highest BCUT2D eigenvalue weighted by Crippen LogP contribution is 2.31. The van der Waals surface area contributed by atoms with Crippen LogP contribution in [0.3, 0.4) is 0 Å². The van der Waals surface area contributed by atoms with Gasteiger partial charge in [0.05, 0.1) is 18.6 Å². The van der Waals surface area contributed by atoms with E-state index in [4.69, 9.17) is 14.2 Å². The van der Waals surface area contributed by atoms with Crippen LogP contribution in [0.15, 0.2) is 77.7 Å². The number of nitrogens with zero attached hydrogens (tertiary/aromatic N) is 1. The summed E-state index contributed by atoms with van der Waals surface area (Å²) in [7, 11) is -2.66. The number of methoxy groups -OCH3 is 1. The molecule has 0 bridgehead atoms. The third-order valence-corrected chi connectivity index (χ3v) is 10.1. The van der Waals surface area contributed by atoms with Crippen molar-refractivity contribution in [1.82, 2.24) is 4.31 Å². The average Bonchev–Trinajstić information content (AvgIpc) is 3.01. The Morgan fingerprint density at radius 3 is 2.07 bits per heavy atom. The summed E-state index contributed by atoms with van der Waals surface area (Å²) < 4.78 is 45.7. The highest BCUT2D eigenvalue weighted by Gasteiger charge is 2.42. The van der Waals surface area contributed by atoms with Crippen molar-refractivity contribution in [1.29, 1.82) is 0 Å². The molecule has 3 aromatic carbocycles. The normalized spacial score (nSPS) is 20.3. The molecule has 0 unspecified atom stereocenters. The molecule has 1 saturated heterocycles. The number of aryl methyl sites for hydroxylation is 1. The molecule has 0 spiro atoms. The smallest absolute Gasteiger partial charge is 0.324 e. The number of benzene rings is 3. The molecule has 41 heavy (non-hydrogen) atoms. The molecule has 8 heteroatoms. The first-order valence-electron chi connectivity index (χ1n) is 14.5. The summed E-state index contributed by atoms with van der Waals surface area (Å²) in [6.45, 7) is 2.86. The number of sulfonamides is 1. The summed E-state index contributed by atoms with van der Waals surface area (Å²) in [6.07, 6.45) is 6.47. The maximum atomic E-state index is 13.6. The van der Waals surface area contributed by atoms with Crippen molar-refractivity contribution >= 4 is 16.0 Å². The molecule has 218 valence electrons. The first-order chi connectivity index (χ1) is 19.8. The minimum atomic E-state index is -3.93. The minimum Gasteiger partial charge on any atom is -0.493 e. The summed E-state index contributed by atoms with van der Waals surface area (Å²) in [6, 6.07) is 21.7. The fourth-order valence-corrected chi connectivity index (χ4v) is 7.34. The van der Waals surface area contributed by atoms with Gasteiger partial charge >= 0.3 is 5.97 Å². The van der Waals surface area contributed by atoms with E-state index in [1.807, 2.05) is 24.3 Å². The molecule has 0 N–H and O–H groups in total. The molecule has 3 aromatic rings. The van der Waals surface area contributed by atoms with Crippen LogP contribution < -0.4 is 9.47 Å². The van der Waals surface area contributed by atoms with Crippen molar-refractivity contribution in [2.24, 2.45) is 5.92 Å². The Morgan fingerprint density at radius 1 is 0.829 bits per heavy atom. The van der Waals surface area contributed by atoms with Crippen molar-refractivity contribution < 1.29 is 27.4 Å². The van der Waals surface area contributed by atoms with Gasteiger partial charge in [-0.3, -0.25) is 4.79 Å². The van der Waals surface area contributed by atoms with Gasteiger partial charge in [0, 0.05) is 13.0 Å². The Labute approximate surface area is 243 Å². The minimum absolute atomic E-state index is 0.127. The molecule has 5 rings (SSSR count). The monoisotopic (exact) mass is 577 g/mol. The zero-order valence-electron chi connectivity index (χ0n) is 23.8. The molecule has 2 fully saturated rings. The quantitative estimate of drug-likeness (QED) is 0.274. The second-order valence-electron chi connectivity index (χ2n) is 11.1. The molecule has 2 atom stereocenters. The van der Waals surface area contributed by atoms with E-state index in [1.54, 1.807) is 24.3 Å². The first-order valence-corrected chi connectivity index (χ1v) is 15.9. The molecule has 0 aromatic heterocycles. The van der Waals surface area contributed by atoms with Crippen LogP contribution in [0.4, 0.5) is 0 Å². The fourth-order valence-electron chi connectivity index (χ4n) is 5.73. The third kappa shape index (κ3) is 7.11. The van der Waals surface area contributed by atoms with Crippen molar-refractivity contribution in [2.45, 2.75) is 68.9 Å². The zero-order chi connectivity index (χ0) is 28.8. The topological polar surface area (TPSA) is 82.1 Å². The van der Waals surface area contributed by atoms with E-state index in [1.165, 1.54) is 49.1 Å². The Bertz CT molecular complexity index is 1400. The van der Waals surface area contributed by atoms with Gasteiger partial charge in [0.15, 0.2) is 0 Å². The Balaban J connectivity index is 1.23. The molecule has 1 aliphatic carbocycles. The number of piperidine rings is 1. The van der Waals surface area contributed by atoms with Gasteiger partial charge in [-0.25, -0.2) is 8.42 Å². The van der Waals surface area contributed by atoms with E-state index < -0.39 is 22.0 Å². The number of esters is 1. The lowest BCUT2D eigenvalue weighted by atomic mass is 9.90. The van der Waals surface area contributed by atoms with Gasteiger partial charge in [-0.15, -0.1) is 0 Å². The van der Waals surface area contributed by atoms with Gasteiger partial charge < -0.3 is 14.2 Å². The molecule has 1 saturated carbocycles. The Kier molecular flexibility index (Phi) is 9.30. The van der Waals surface area contributed by atoms with Gasteiger partial charge in [0.1, 0.15) is 23.6 Å². The SMILES string of the molecule is COC(=O)[C@H]1C[C@@H](Oc2ccc(-c3ccc(C)cc3)cc2)CCN1S(=O)(=O)c1ccc(OCC2CCCCC2)cc1. The first kappa shape index (κ1) is 29.1. The number of ether oxygens (including phenoxy) is 3. The lowest BCUT2D eigenvalue weighted by molar-refractivity contribution is -0.147. The van der Waals surface area contributed by atoms with E-state index in [-0.39, 0.29) is 24.0 Å². The molecule has 2 aliphatic rings. The van der Waals surface area contributed by atoms with Crippen LogP contribution in [0.1, 0.15) is 50.5 Å². The van der Waals surface area contributed by atoms with Gasteiger partial charge in [-0.2, -0.15) is 4.31 Å². The summed E-state index contributed by atoms with van der Waals surface area (Å²) >= 11 is 0. The van der Waals surface area contributed by atoms with E-state index in [0.717, 1.165) is 11.1 Å². The second-order valence-corrected chi connectivity index (χ2v) is 13.0. The molecule has 0 amide bonds. The van der Waals surface area contributed by atoms with Crippen LogP contribution in [-0.2, 0) is 19.6 Å². The fraction of sp³-hybridized carbons (Fsp3) is 0.424. The number of hydrogen-bond acceptors (Lipinski definition) is 6. The Morgan fingerprint density at radius 2 is 1.44 bits per heavy atom. The van der Waals surface area contributed by atoms with Crippen molar-refractivity contribution in [3.8, 4) is 22.6 Å². The highest BCUT2D eigenvalue weighted by atomic mass is 32.2. The zero-order valence-corrected chi connectivity index (χ0v) is 24.6. The maximum Gasteiger partial charge on any atom is 0.324 e. The van der Waals surface area contributed by atoms with Gasteiger partial charge in [-0.1, -0.05) is 61.2 Å². The molecule has 1 aliphatic heterocycles. The van der Waals surface area contributed by atoms with Crippen molar-refractivity contribution in [2.75, 3.05) is 20.3 Å². The largest absolute Gasteiger partial charge is 0.493 e. The van der Waals surface area contributed by atoms with Crippen molar-refractivity contribution in [3.63, 3.8) is 0 Å². The van der Waals surface area contributed by atoms with Crippen LogP contribution in [0.2, 0.25) is 0 Å². The summed E-state index contributed by atoms with van der Waals surface area (Å²) in [4.78, 5) is 12.9. The third-order valence-electron chi connectivity index (χ3n) is 8.16. The average molecular weight is 578 g/mol. The lowest BCUT2D eigenvalue weighted by Crippen LogP contribution is -2.52. The van der Waals surface area contributed by atoms with Gasteiger partial charge in [0.25, 0.3) is 0 Å². The van der Waals surface area contributed by atoms with E-state index in [9.17, 15) is 13.2 Å². The second kappa shape index (κ2) is 13.1. The standard InChI is InChI=1S/C33H39NO6S/c1-24-8-10-26(11-9-24)27-12-14-29(15-13-27)40-30-20-21-34(32(22-30)33(35)38-2)41(36,37)31-18-16-28(17-19-31)39-23-25-6-4-3-5-7-25/h8-19,25,30,32H,3-7,20-23H2,1-2H3/t30-,32+/m0/s1. The molecule has 7 nitrogen and oxygen atoms in total. The summed E-state index contributed by atoms with van der Waals surface area (Å²) in [5.41, 5.74) is 3.41. The van der Waals surface area contributed by atoms with Crippen LogP contribution in [0.25, 0.3) is 11.1 Å². The maximum absolute atomic E-state index is 13.6. The summed E-state index contributed by atoms with van der Waals surface area (Å²) in [5, 5.41) is 0. The van der Waals surface area contributed by atoms with E-state index >= 15 is 0 Å².